The van der Waals surface area contributed by atoms with Crippen molar-refractivity contribution in [2.45, 2.75) is 6.92 Å². The van der Waals surface area contributed by atoms with E-state index < -0.39 is 0 Å². The molecule has 0 aliphatic carbocycles. The van der Waals surface area contributed by atoms with Gasteiger partial charge in [-0.15, -0.1) is 0 Å². The van der Waals surface area contributed by atoms with Crippen LogP contribution in [0.3, 0.4) is 0 Å². The second-order valence-electron chi connectivity index (χ2n) is 7.72. The minimum absolute atomic E-state index is 0.0855. The average Bonchev–Trinajstić information content (AvgIpc) is 2.83. The molecule has 0 saturated heterocycles. The number of likely N-dealkylation sites (N-methyl/N-ethyl adjacent to an activating group) is 1. The maximum absolute atomic E-state index is 12.5. The van der Waals surface area contributed by atoms with Gasteiger partial charge in [-0.25, -0.2) is 0 Å². The Morgan fingerprint density at radius 1 is 0.824 bits per heavy atom. The third-order valence-electron chi connectivity index (χ3n) is 5.09. The summed E-state index contributed by atoms with van der Waals surface area (Å²) in [5.41, 5.74) is 4.02. The van der Waals surface area contributed by atoms with E-state index in [-0.39, 0.29) is 24.2 Å². The molecular weight excluding hydrogens is 430 g/mol. The van der Waals surface area contributed by atoms with Gasteiger partial charge in [-0.2, -0.15) is 0 Å². The summed E-state index contributed by atoms with van der Waals surface area (Å²) >= 11 is 0. The van der Waals surface area contributed by atoms with Crippen LogP contribution in [0, 0.1) is 0 Å². The molecule has 3 N–H and O–H groups in total. The molecule has 0 unspecified atom stereocenters. The standard InChI is InChI=1S/C27H27N3O4/c1-19(32)28-23-12-8-22(9-13-23)27(34)29-24-10-6-21(7-11-24)26(33)16-5-20-3-14-25(15-4-20)30(2)17-18-31/h3-16,31H,17-18H2,1-2H3,(H,28,32)(H,29,34)/b16-5+. The third-order valence-corrected chi connectivity index (χ3v) is 5.09. The van der Waals surface area contributed by atoms with E-state index in [0.29, 0.717) is 29.0 Å². The van der Waals surface area contributed by atoms with Crippen LogP contribution in [0.2, 0.25) is 0 Å². The lowest BCUT2D eigenvalue weighted by Crippen LogP contribution is -2.20. The third kappa shape index (κ3) is 6.88. The van der Waals surface area contributed by atoms with E-state index in [1.807, 2.05) is 36.2 Å². The second kappa shape index (κ2) is 11.6. The Morgan fingerprint density at radius 3 is 1.94 bits per heavy atom. The highest BCUT2D eigenvalue weighted by molar-refractivity contribution is 6.08. The Bertz CT molecular complexity index is 1170. The highest BCUT2D eigenvalue weighted by atomic mass is 16.3. The summed E-state index contributed by atoms with van der Waals surface area (Å²) in [7, 11) is 1.90. The summed E-state index contributed by atoms with van der Waals surface area (Å²) in [6.07, 6.45) is 3.26. The largest absolute Gasteiger partial charge is 0.395 e. The summed E-state index contributed by atoms with van der Waals surface area (Å²) < 4.78 is 0. The topological polar surface area (TPSA) is 98.7 Å². The molecule has 7 heteroatoms. The number of carbonyl (C=O) groups is 3. The van der Waals surface area contributed by atoms with Crippen molar-refractivity contribution >= 4 is 40.7 Å². The Kier molecular flexibility index (Phi) is 8.32. The lowest BCUT2D eigenvalue weighted by molar-refractivity contribution is -0.114. The van der Waals surface area contributed by atoms with Crippen LogP contribution in [-0.4, -0.2) is 42.9 Å². The Labute approximate surface area is 198 Å². The zero-order valence-electron chi connectivity index (χ0n) is 19.1. The van der Waals surface area contributed by atoms with E-state index in [0.717, 1.165) is 11.3 Å². The van der Waals surface area contributed by atoms with Crippen LogP contribution in [0.15, 0.2) is 78.9 Å². The van der Waals surface area contributed by atoms with Crippen LogP contribution >= 0.6 is 0 Å². The number of amides is 2. The van der Waals surface area contributed by atoms with Gasteiger partial charge in [0.2, 0.25) is 5.91 Å². The van der Waals surface area contributed by atoms with Gasteiger partial charge in [0.25, 0.3) is 5.91 Å². The van der Waals surface area contributed by atoms with Gasteiger partial charge >= 0.3 is 0 Å². The van der Waals surface area contributed by atoms with E-state index in [2.05, 4.69) is 10.6 Å². The lowest BCUT2D eigenvalue weighted by atomic mass is 10.1. The molecule has 0 aromatic heterocycles. The van der Waals surface area contributed by atoms with E-state index in [9.17, 15) is 14.4 Å². The molecule has 0 aliphatic heterocycles. The number of nitrogens with one attached hydrogen (secondary N) is 2. The van der Waals surface area contributed by atoms with Gasteiger partial charge in [0.05, 0.1) is 6.61 Å². The predicted octanol–water partition coefficient (Wildman–Crippen LogP) is 4.22. The molecule has 2 amide bonds. The van der Waals surface area contributed by atoms with Gasteiger partial charge < -0.3 is 20.6 Å². The van der Waals surface area contributed by atoms with Crippen LogP contribution in [0.1, 0.15) is 33.2 Å². The van der Waals surface area contributed by atoms with Crippen molar-refractivity contribution in [3.8, 4) is 0 Å². The van der Waals surface area contributed by atoms with Crippen LogP contribution in [0.4, 0.5) is 17.1 Å². The number of aliphatic hydroxyl groups is 1. The molecule has 0 aliphatic rings. The van der Waals surface area contributed by atoms with E-state index in [1.54, 1.807) is 54.6 Å². The molecule has 0 fully saturated rings. The molecule has 0 bridgehead atoms. The Morgan fingerprint density at radius 2 is 1.38 bits per heavy atom. The molecule has 3 aromatic carbocycles. The zero-order valence-corrected chi connectivity index (χ0v) is 19.1. The number of allylic oxidation sites excluding steroid dienone is 1. The van der Waals surface area contributed by atoms with Gasteiger partial charge in [-0.1, -0.05) is 18.2 Å². The number of anilines is 3. The first-order valence-electron chi connectivity index (χ1n) is 10.8. The number of nitrogens with zero attached hydrogens (tertiary/aromatic N) is 1. The van der Waals surface area contributed by atoms with Crippen molar-refractivity contribution in [2.24, 2.45) is 0 Å². The molecule has 0 atom stereocenters. The fraction of sp³-hybridized carbons (Fsp3) is 0.148. The summed E-state index contributed by atoms with van der Waals surface area (Å²) in [4.78, 5) is 38.0. The van der Waals surface area contributed by atoms with Crippen LogP contribution in [-0.2, 0) is 4.79 Å². The van der Waals surface area contributed by atoms with Crippen molar-refractivity contribution in [2.75, 3.05) is 35.7 Å². The number of rotatable bonds is 9. The normalized spacial score (nSPS) is 10.7. The van der Waals surface area contributed by atoms with E-state index >= 15 is 0 Å². The second-order valence-corrected chi connectivity index (χ2v) is 7.72. The molecule has 0 saturated carbocycles. The van der Waals surface area contributed by atoms with Crippen LogP contribution in [0.25, 0.3) is 6.08 Å². The SMILES string of the molecule is CC(=O)Nc1ccc(C(=O)Nc2ccc(C(=O)/C=C/c3ccc(N(C)CCO)cc3)cc2)cc1. The van der Waals surface area contributed by atoms with Crippen LogP contribution in [0.5, 0.6) is 0 Å². The van der Waals surface area contributed by atoms with Gasteiger partial charge in [0.1, 0.15) is 0 Å². The molecule has 0 radical (unpaired) electrons. The first-order chi connectivity index (χ1) is 16.4. The van der Waals surface area contributed by atoms with Crippen molar-refractivity contribution in [1.29, 1.82) is 0 Å². The molecule has 0 spiro atoms. The van der Waals surface area contributed by atoms with Crippen molar-refractivity contribution in [3.05, 3.63) is 95.6 Å². The number of benzene rings is 3. The fourth-order valence-corrected chi connectivity index (χ4v) is 3.22. The summed E-state index contributed by atoms with van der Waals surface area (Å²) in [5.74, 6) is -0.615. The summed E-state index contributed by atoms with van der Waals surface area (Å²) in [6, 6.07) is 20.9. The average molecular weight is 458 g/mol. The summed E-state index contributed by atoms with van der Waals surface area (Å²) in [6.45, 7) is 2.06. The van der Waals surface area contributed by atoms with Gasteiger partial charge in [0, 0.05) is 48.7 Å². The van der Waals surface area contributed by atoms with E-state index in [4.69, 9.17) is 5.11 Å². The number of ketones is 1. The van der Waals surface area contributed by atoms with Crippen molar-refractivity contribution in [3.63, 3.8) is 0 Å². The molecule has 34 heavy (non-hydrogen) atoms. The zero-order chi connectivity index (χ0) is 24.5. The first-order valence-corrected chi connectivity index (χ1v) is 10.8. The number of hydrogen-bond donors (Lipinski definition) is 3. The molecule has 7 nitrogen and oxygen atoms in total. The maximum atomic E-state index is 12.5. The molecule has 3 rings (SSSR count). The van der Waals surface area contributed by atoms with E-state index in [1.165, 1.54) is 13.0 Å². The Balaban J connectivity index is 1.57. The van der Waals surface area contributed by atoms with Crippen molar-refractivity contribution in [1.82, 2.24) is 0 Å². The van der Waals surface area contributed by atoms with Crippen molar-refractivity contribution < 1.29 is 19.5 Å². The van der Waals surface area contributed by atoms with Gasteiger partial charge in [-0.05, 0) is 72.3 Å². The molecule has 174 valence electrons. The quantitative estimate of drug-likeness (QED) is 0.330. The van der Waals surface area contributed by atoms with Gasteiger partial charge in [0.15, 0.2) is 5.78 Å². The van der Waals surface area contributed by atoms with Crippen LogP contribution < -0.4 is 15.5 Å². The number of carbonyl (C=O) groups excluding carboxylic acids is 3. The van der Waals surface area contributed by atoms with Gasteiger partial charge in [-0.3, -0.25) is 14.4 Å². The Hall–Kier alpha value is -4.23. The molecular formula is C27H27N3O4. The minimum Gasteiger partial charge on any atom is -0.395 e. The highest BCUT2D eigenvalue weighted by Gasteiger charge is 2.08. The molecule has 0 heterocycles. The summed E-state index contributed by atoms with van der Waals surface area (Å²) in [5, 5.41) is 14.5. The highest BCUT2D eigenvalue weighted by Crippen LogP contribution is 2.16. The monoisotopic (exact) mass is 457 g/mol. The number of aliphatic hydroxyl groups excluding tert-OH is 1. The smallest absolute Gasteiger partial charge is 0.255 e. The number of hydrogen-bond acceptors (Lipinski definition) is 5. The first kappa shape index (κ1) is 24.4. The fourth-order valence-electron chi connectivity index (χ4n) is 3.22. The molecule has 3 aromatic rings. The maximum Gasteiger partial charge on any atom is 0.255 e. The predicted molar refractivity (Wildman–Crippen MR) is 135 cm³/mol. The lowest BCUT2D eigenvalue weighted by Gasteiger charge is -2.17. The minimum atomic E-state index is -0.290.